The maximum Gasteiger partial charge on any atom is 0.124 e. The minimum absolute atomic E-state index is 0.0256. The first kappa shape index (κ1) is 12.0. The summed E-state index contributed by atoms with van der Waals surface area (Å²) < 4.78 is 0. The average Bonchev–Trinajstić information content (AvgIpc) is 2.18. The molecule has 4 nitrogen and oxygen atoms in total. The van der Waals surface area contributed by atoms with Crippen LogP contribution in [0.4, 0.5) is 0 Å². The van der Waals surface area contributed by atoms with Gasteiger partial charge < -0.3 is 10.8 Å². The Balaban J connectivity index is 2.89. The Morgan fingerprint density at radius 3 is 2.80 bits per heavy atom. The van der Waals surface area contributed by atoms with Gasteiger partial charge in [-0.05, 0) is 13.0 Å². The van der Waals surface area contributed by atoms with E-state index in [0.717, 1.165) is 4.90 Å². The van der Waals surface area contributed by atoms with Crippen LogP contribution in [-0.4, -0.2) is 27.3 Å². The Labute approximate surface area is 93.4 Å². The van der Waals surface area contributed by atoms with Gasteiger partial charge in [0.25, 0.3) is 0 Å². The first-order valence-corrected chi connectivity index (χ1v) is 5.53. The highest BCUT2D eigenvalue weighted by Gasteiger charge is 2.13. The zero-order valence-corrected chi connectivity index (χ0v) is 9.58. The topological polar surface area (TPSA) is 83.0 Å². The van der Waals surface area contributed by atoms with Crippen LogP contribution in [-0.2, 0) is 0 Å². The molecule has 0 aliphatic rings. The van der Waals surface area contributed by atoms with E-state index in [4.69, 9.17) is 11.1 Å². The molecule has 2 unspecified atom stereocenters. The third-order valence-corrected chi connectivity index (χ3v) is 3.41. The molecule has 0 saturated heterocycles. The lowest BCUT2D eigenvalue weighted by Gasteiger charge is -2.15. The zero-order chi connectivity index (χ0) is 11.4. The number of hydrogen-bond donors (Lipinski definition) is 3. The standard InChI is InChI=1S/C10H15N3OS/c1-6(14)7(2)15-9-5-13-4-3-8(9)10(11)12/h3-7,14H,1-2H3,(H3,11,12). The van der Waals surface area contributed by atoms with Crippen molar-refractivity contribution in [2.45, 2.75) is 30.1 Å². The van der Waals surface area contributed by atoms with E-state index in [1.54, 1.807) is 25.4 Å². The summed E-state index contributed by atoms with van der Waals surface area (Å²) in [6.45, 7) is 3.66. The first-order valence-electron chi connectivity index (χ1n) is 4.65. The van der Waals surface area contributed by atoms with E-state index in [0.29, 0.717) is 5.56 Å². The SMILES string of the molecule is CC(O)C(C)Sc1cnccc1C(=N)N. The monoisotopic (exact) mass is 225 g/mol. The van der Waals surface area contributed by atoms with E-state index in [2.05, 4.69) is 4.98 Å². The lowest BCUT2D eigenvalue weighted by atomic mass is 10.2. The summed E-state index contributed by atoms with van der Waals surface area (Å²) >= 11 is 1.47. The van der Waals surface area contributed by atoms with Crippen LogP contribution in [0.15, 0.2) is 23.4 Å². The molecule has 4 N–H and O–H groups in total. The van der Waals surface area contributed by atoms with Crippen molar-refractivity contribution < 1.29 is 5.11 Å². The van der Waals surface area contributed by atoms with Gasteiger partial charge in [-0.15, -0.1) is 11.8 Å². The Kier molecular flexibility index (Phi) is 4.11. The molecule has 1 heterocycles. The van der Waals surface area contributed by atoms with Gasteiger partial charge in [0.1, 0.15) is 5.84 Å². The van der Waals surface area contributed by atoms with Gasteiger partial charge in [-0.2, -0.15) is 0 Å². The molecule has 0 fully saturated rings. The molecule has 0 aromatic carbocycles. The average molecular weight is 225 g/mol. The van der Waals surface area contributed by atoms with Gasteiger partial charge in [0, 0.05) is 28.1 Å². The van der Waals surface area contributed by atoms with Crippen molar-refractivity contribution in [3.63, 3.8) is 0 Å². The first-order chi connectivity index (χ1) is 7.02. The third kappa shape index (κ3) is 3.21. The Hall–Kier alpha value is -1.07. The number of rotatable bonds is 4. The Morgan fingerprint density at radius 2 is 2.27 bits per heavy atom. The smallest absolute Gasteiger partial charge is 0.124 e. The molecule has 82 valence electrons. The van der Waals surface area contributed by atoms with Crippen LogP contribution in [0, 0.1) is 5.41 Å². The maximum atomic E-state index is 9.39. The highest BCUT2D eigenvalue weighted by Crippen LogP contribution is 2.27. The quantitative estimate of drug-likeness (QED) is 0.409. The fourth-order valence-electron chi connectivity index (χ4n) is 0.995. The number of pyridine rings is 1. The van der Waals surface area contributed by atoms with Crippen molar-refractivity contribution in [1.82, 2.24) is 4.98 Å². The van der Waals surface area contributed by atoms with Crippen LogP contribution in [0.25, 0.3) is 0 Å². The highest BCUT2D eigenvalue weighted by atomic mass is 32.2. The zero-order valence-electron chi connectivity index (χ0n) is 8.77. The molecular weight excluding hydrogens is 210 g/mol. The second-order valence-electron chi connectivity index (χ2n) is 3.35. The van der Waals surface area contributed by atoms with Gasteiger partial charge in [-0.1, -0.05) is 6.92 Å². The Morgan fingerprint density at radius 1 is 1.60 bits per heavy atom. The molecule has 1 aromatic rings. The predicted octanol–water partition coefficient (Wildman–Crippen LogP) is 1.23. The molecule has 1 aromatic heterocycles. The van der Waals surface area contributed by atoms with Gasteiger partial charge in [-0.3, -0.25) is 10.4 Å². The van der Waals surface area contributed by atoms with Gasteiger partial charge in [0.2, 0.25) is 0 Å². The van der Waals surface area contributed by atoms with E-state index in [1.165, 1.54) is 11.8 Å². The molecular formula is C10H15N3OS. The second-order valence-corrected chi connectivity index (χ2v) is 4.77. The van der Waals surface area contributed by atoms with Crippen LogP contribution < -0.4 is 5.73 Å². The van der Waals surface area contributed by atoms with Gasteiger partial charge in [-0.25, -0.2) is 0 Å². The summed E-state index contributed by atoms with van der Waals surface area (Å²) in [5.41, 5.74) is 6.12. The van der Waals surface area contributed by atoms with Crippen LogP contribution in [0.1, 0.15) is 19.4 Å². The number of amidine groups is 1. The minimum Gasteiger partial charge on any atom is -0.392 e. The van der Waals surface area contributed by atoms with Crippen molar-refractivity contribution in [1.29, 1.82) is 5.41 Å². The maximum absolute atomic E-state index is 9.39. The van der Waals surface area contributed by atoms with Gasteiger partial charge >= 0.3 is 0 Å². The lowest BCUT2D eigenvalue weighted by molar-refractivity contribution is 0.196. The summed E-state index contributed by atoms with van der Waals surface area (Å²) in [6, 6.07) is 1.71. The van der Waals surface area contributed by atoms with Gasteiger partial charge in [0.15, 0.2) is 0 Å². The van der Waals surface area contributed by atoms with E-state index in [-0.39, 0.29) is 11.1 Å². The molecule has 5 heteroatoms. The molecule has 0 aliphatic carbocycles. The number of aliphatic hydroxyl groups is 1. The predicted molar refractivity (Wildman–Crippen MR) is 62.3 cm³/mol. The number of nitrogen functional groups attached to an aromatic ring is 1. The van der Waals surface area contributed by atoms with E-state index in [1.807, 2.05) is 6.92 Å². The number of nitrogens with one attached hydrogen (secondary N) is 1. The van der Waals surface area contributed by atoms with E-state index < -0.39 is 6.10 Å². The number of nitrogens with zero attached hydrogens (tertiary/aromatic N) is 1. The fraction of sp³-hybridized carbons (Fsp3) is 0.400. The Bertz CT molecular complexity index is 354. The number of aliphatic hydroxyl groups excluding tert-OH is 1. The van der Waals surface area contributed by atoms with Crippen molar-refractivity contribution >= 4 is 17.6 Å². The number of thioether (sulfide) groups is 1. The molecule has 1 rings (SSSR count). The van der Waals surface area contributed by atoms with Crippen molar-refractivity contribution in [2.75, 3.05) is 0 Å². The van der Waals surface area contributed by atoms with Crippen molar-refractivity contribution in [3.05, 3.63) is 24.0 Å². The molecule has 2 atom stereocenters. The molecule has 0 aliphatic heterocycles. The van der Waals surface area contributed by atoms with Crippen LogP contribution in [0.2, 0.25) is 0 Å². The number of aromatic nitrogens is 1. The van der Waals surface area contributed by atoms with Crippen LogP contribution in [0.5, 0.6) is 0 Å². The van der Waals surface area contributed by atoms with E-state index >= 15 is 0 Å². The summed E-state index contributed by atoms with van der Waals surface area (Å²) in [4.78, 5) is 4.82. The minimum atomic E-state index is -0.407. The van der Waals surface area contributed by atoms with Crippen molar-refractivity contribution in [2.24, 2.45) is 5.73 Å². The van der Waals surface area contributed by atoms with E-state index in [9.17, 15) is 5.11 Å². The second kappa shape index (κ2) is 5.14. The lowest BCUT2D eigenvalue weighted by Crippen LogP contribution is -2.17. The number of hydrogen-bond acceptors (Lipinski definition) is 4. The van der Waals surface area contributed by atoms with Crippen LogP contribution in [0.3, 0.4) is 0 Å². The highest BCUT2D eigenvalue weighted by molar-refractivity contribution is 8.00. The summed E-state index contributed by atoms with van der Waals surface area (Å²) in [7, 11) is 0. The third-order valence-electron chi connectivity index (χ3n) is 2.07. The molecule has 0 bridgehead atoms. The summed E-state index contributed by atoms with van der Waals surface area (Å²) in [5.74, 6) is 0.0256. The fourth-order valence-corrected chi connectivity index (χ4v) is 2.02. The van der Waals surface area contributed by atoms with Gasteiger partial charge in [0.05, 0.1) is 6.10 Å². The van der Waals surface area contributed by atoms with Crippen molar-refractivity contribution in [3.8, 4) is 0 Å². The molecule has 0 spiro atoms. The normalized spacial score (nSPS) is 14.6. The summed E-state index contributed by atoms with van der Waals surface area (Å²) in [5, 5.41) is 16.8. The molecule has 0 saturated carbocycles. The molecule has 15 heavy (non-hydrogen) atoms. The molecule has 0 radical (unpaired) electrons. The summed E-state index contributed by atoms with van der Waals surface area (Å²) in [6.07, 6.45) is 2.86. The molecule has 0 amide bonds. The number of nitrogens with two attached hydrogens (primary N) is 1. The largest absolute Gasteiger partial charge is 0.392 e. The van der Waals surface area contributed by atoms with Crippen LogP contribution >= 0.6 is 11.8 Å².